The number of aryl methyl sites for hydroxylation is 1. The van der Waals surface area contributed by atoms with Gasteiger partial charge < -0.3 is 0 Å². The summed E-state index contributed by atoms with van der Waals surface area (Å²) in [4.78, 5) is 2.59. The number of nitrogens with one attached hydrogen (secondary N) is 1. The molecule has 5 nitrogen and oxygen atoms in total. The topological polar surface area (TPSA) is 59.1 Å². The van der Waals surface area contributed by atoms with Crippen LogP contribution in [0.25, 0.3) is 0 Å². The number of nitrogens with two attached hydrogens (primary N) is 1. The van der Waals surface area contributed by atoms with Gasteiger partial charge in [0.1, 0.15) is 0 Å². The van der Waals surface area contributed by atoms with Gasteiger partial charge in [-0.15, -0.1) is 0 Å². The number of nitrogens with zero attached hydrogens (tertiary/aromatic N) is 3. The molecule has 1 aromatic rings. The lowest BCUT2D eigenvalue weighted by Crippen LogP contribution is -2.62. The van der Waals surface area contributed by atoms with Crippen molar-refractivity contribution in [2.75, 3.05) is 13.1 Å². The normalized spacial score (nSPS) is 19.6. The molecule has 114 valence electrons. The molecule has 5 heteroatoms. The molecule has 3 N–H and O–H groups in total. The van der Waals surface area contributed by atoms with Crippen LogP contribution < -0.4 is 11.3 Å². The summed E-state index contributed by atoms with van der Waals surface area (Å²) in [7, 11) is 1.96. The van der Waals surface area contributed by atoms with Crippen molar-refractivity contribution in [3.63, 3.8) is 0 Å². The van der Waals surface area contributed by atoms with Crippen molar-refractivity contribution in [1.29, 1.82) is 0 Å². The van der Waals surface area contributed by atoms with Gasteiger partial charge in [0.25, 0.3) is 0 Å². The number of hydrogen-bond donors (Lipinski definition) is 2. The molecule has 0 amide bonds. The molecular formula is C15H29N5. The van der Waals surface area contributed by atoms with Gasteiger partial charge in [-0.05, 0) is 32.0 Å². The zero-order valence-corrected chi connectivity index (χ0v) is 13.1. The Morgan fingerprint density at radius 3 is 2.50 bits per heavy atom. The van der Waals surface area contributed by atoms with E-state index < -0.39 is 0 Å². The van der Waals surface area contributed by atoms with Crippen molar-refractivity contribution in [2.24, 2.45) is 12.9 Å². The fourth-order valence-electron chi connectivity index (χ4n) is 3.91. The summed E-state index contributed by atoms with van der Waals surface area (Å²) in [5, 5.41) is 4.51. The molecule has 1 unspecified atom stereocenters. The van der Waals surface area contributed by atoms with E-state index in [0.717, 1.165) is 25.2 Å². The molecule has 1 aromatic heterocycles. The molecule has 0 spiro atoms. The summed E-state index contributed by atoms with van der Waals surface area (Å²) in [5.74, 6) is 5.93. The maximum absolute atomic E-state index is 5.93. The Morgan fingerprint density at radius 2 is 2.05 bits per heavy atom. The molecule has 0 radical (unpaired) electrons. The second-order valence-electron chi connectivity index (χ2n) is 5.89. The van der Waals surface area contributed by atoms with Gasteiger partial charge in [-0.3, -0.25) is 20.9 Å². The maximum atomic E-state index is 5.93. The van der Waals surface area contributed by atoms with E-state index in [1.54, 1.807) is 0 Å². The third kappa shape index (κ3) is 2.90. The predicted molar refractivity (Wildman–Crippen MR) is 82.1 cm³/mol. The first-order valence-corrected chi connectivity index (χ1v) is 7.86. The van der Waals surface area contributed by atoms with Gasteiger partial charge in [-0.2, -0.15) is 5.10 Å². The lowest BCUT2D eigenvalue weighted by atomic mass is 9.83. The molecule has 2 rings (SSSR count). The van der Waals surface area contributed by atoms with Gasteiger partial charge in [0, 0.05) is 31.2 Å². The van der Waals surface area contributed by atoms with E-state index >= 15 is 0 Å². The first kappa shape index (κ1) is 15.5. The Kier molecular flexibility index (Phi) is 5.18. The monoisotopic (exact) mass is 279 g/mol. The summed E-state index contributed by atoms with van der Waals surface area (Å²) in [6.45, 7) is 6.66. The van der Waals surface area contributed by atoms with E-state index in [1.807, 2.05) is 17.9 Å². The highest BCUT2D eigenvalue weighted by Gasteiger charge is 2.44. The van der Waals surface area contributed by atoms with Crippen LogP contribution in [0.1, 0.15) is 45.2 Å². The summed E-state index contributed by atoms with van der Waals surface area (Å²) in [5.41, 5.74) is 4.41. The number of hydrazine groups is 1. The summed E-state index contributed by atoms with van der Waals surface area (Å²) >= 11 is 0. The molecule has 1 aliphatic rings. The molecule has 1 fully saturated rings. The van der Waals surface area contributed by atoms with Gasteiger partial charge >= 0.3 is 0 Å². The molecule has 1 heterocycles. The van der Waals surface area contributed by atoms with E-state index in [1.165, 1.54) is 25.7 Å². The largest absolute Gasteiger partial charge is 0.297 e. The van der Waals surface area contributed by atoms with Crippen LogP contribution in [0.4, 0.5) is 0 Å². The summed E-state index contributed by atoms with van der Waals surface area (Å²) in [6.07, 6.45) is 7.97. The molecule has 0 aromatic carbocycles. The Morgan fingerprint density at radius 1 is 1.40 bits per heavy atom. The third-order valence-corrected chi connectivity index (χ3v) is 4.89. The molecule has 1 atom stereocenters. The van der Waals surface area contributed by atoms with E-state index in [2.05, 4.69) is 35.3 Å². The lowest BCUT2D eigenvalue weighted by molar-refractivity contribution is 0.0626. The van der Waals surface area contributed by atoms with Gasteiger partial charge in [-0.25, -0.2) is 0 Å². The number of aromatic nitrogens is 2. The lowest BCUT2D eigenvalue weighted by Gasteiger charge is -2.46. The van der Waals surface area contributed by atoms with Crippen LogP contribution in [0.15, 0.2) is 12.3 Å². The van der Waals surface area contributed by atoms with Crippen molar-refractivity contribution >= 4 is 0 Å². The van der Waals surface area contributed by atoms with Crippen molar-refractivity contribution in [3.8, 4) is 0 Å². The second kappa shape index (κ2) is 6.70. The second-order valence-corrected chi connectivity index (χ2v) is 5.89. The molecule has 20 heavy (non-hydrogen) atoms. The SMILES string of the molecule is CCN(CC)C1(C(Cc2ccn(C)n2)NN)CCCC1. The van der Waals surface area contributed by atoms with Crippen molar-refractivity contribution < 1.29 is 0 Å². The van der Waals surface area contributed by atoms with Crippen LogP contribution in [0.3, 0.4) is 0 Å². The maximum Gasteiger partial charge on any atom is 0.0641 e. The van der Waals surface area contributed by atoms with Gasteiger partial charge in [-0.1, -0.05) is 26.7 Å². The van der Waals surface area contributed by atoms with Gasteiger partial charge in [0.2, 0.25) is 0 Å². The summed E-state index contributed by atoms with van der Waals surface area (Å²) in [6, 6.07) is 2.36. The average molecular weight is 279 g/mol. The van der Waals surface area contributed by atoms with E-state index in [9.17, 15) is 0 Å². The third-order valence-electron chi connectivity index (χ3n) is 4.89. The van der Waals surface area contributed by atoms with Crippen LogP contribution in [-0.2, 0) is 13.5 Å². The van der Waals surface area contributed by atoms with Gasteiger partial charge in [0.15, 0.2) is 0 Å². The Labute approximate surface area is 122 Å². The standard InChI is InChI=1S/C15H29N5/c1-4-20(5-2)15(9-6-7-10-15)14(17-16)12-13-8-11-19(3)18-13/h8,11,14,17H,4-7,9-10,12,16H2,1-3H3. The number of rotatable bonds is 7. The smallest absolute Gasteiger partial charge is 0.0641 e. The first-order chi connectivity index (χ1) is 9.66. The highest BCUT2D eigenvalue weighted by atomic mass is 15.3. The molecule has 1 aliphatic carbocycles. The van der Waals surface area contributed by atoms with Crippen LogP contribution in [0, 0.1) is 0 Å². The minimum absolute atomic E-state index is 0.190. The highest BCUT2D eigenvalue weighted by molar-refractivity contribution is 5.09. The quantitative estimate of drug-likeness (QED) is 0.586. The van der Waals surface area contributed by atoms with E-state index in [0.29, 0.717) is 0 Å². The Hall–Kier alpha value is -0.910. The van der Waals surface area contributed by atoms with Crippen LogP contribution in [-0.4, -0.2) is 39.4 Å². The molecule has 0 aliphatic heterocycles. The fraction of sp³-hybridized carbons (Fsp3) is 0.800. The van der Waals surface area contributed by atoms with E-state index in [-0.39, 0.29) is 11.6 Å². The zero-order chi connectivity index (χ0) is 14.6. The van der Waals surface area contributed by atoms with Crippen molar-refractivity contribution in [3.05, 3.63) is 18.0 Å². The molecule has 1 saturated carbocycles. The minimum Gasteiger partial charge on any atom is -0.297 e. The average Bonchev–Trinajstić information content (AvgIpc) is 3.07. The number of likely N-dealkylation sites (N-methyl/N-ethyl adjacent to an activating group) is 1. The minimum atomic E-state index is 0.190. The first-order valence-electron chi connectivity index (χ1n) is 7.86. The Bertz CT molecular complexity index is 404. The van der Waals surface area contributed by atoms with Gasteiger partial charge in [0.05, 0.1) is 5.69 Å². The predicted octanol–water partition coefficient (Wildman–Crippen LogP) is 1.45. The molecule has 0 bridgehead atoms. The van der Waals surface area contributed by atoms with Crippen LogP contribution >= 0.6 is 0 Å². The van der Waals surface area contributed by atoms with Crippen molar-refractivity contribution in [2.45, 2.75) is 57.5 Å². The zero-order valence-electron chi connectivity index (χ0n) is 13.1. The Balaban J connectivity index is 2.21. The number of hydrogen-bond acceptors (Lipinski definition) is 4. The summed E-state index contributed by atoms with van der Waals surface area (Å²) < 4.78 is 1.86. The van der Waals surface area contributed by atoms with Crippen molar-refractivity contribution in [1.82, 2.24) is 20.1 Å². The van der Waals surface area contributed by atoms with Crippen LogP contribution in [0.5, 0.6) is 0 Å². The fourth-order valence-corrected chi connectivity index (χ4v) is 3.91. The van der Waals surface area contributed by atoms with Crippen LogP contribution in [0.2, 0.25) is 0 Å². The van der Waals surface area contributed by atoms with E-state index in [4.69, 9.17) is 5.84 Å². The molecule has 0 saturated heterocycles. The molecular weight excluding hydrogens is 250 g/mol. The highest BCUT2D eigenvalue weighted by Crippen LogP contribution is 2.38.